The van der Waals surface area contributed by atoms with Crippen LogP contribution in [0.15, 0.2) is 64.5 Å². The van der Waals surface area contributed by atoms with Gasteiger partial charge in [-0.25, -0.2) is 8.42 Å². The molecule has 0 radical (unpaired) electrons. The Kier molecular flexibility index (Phi) is 4.32. The van der Waals surface area contributed by atoms with Crippen molar-refractivity contribution in [2.45, 2.75) is 23.1 Å². The van der Waals surface area contributed by atoms with Gasteiger partial charge in [-0.15, -0.1) is 0 Å². The number of sulfonamides is 1. The number of rotatable bonds is 3. The second-order valence-corrected chi connectivity index (χ2v) is 8.11. The Morgan fingerprint density at radius 1 is 1.09 bits per heavy atom. The van der Waals surface area contributed by atoms with Crippen LogP contribution in [0.3, 0.4) is 0 Å². The Bertz CT molecular complexity index is 818. The van der Waals surface area contributed by atoms with Crippen LogP contribution in [0, 0.1) is 0 Å². The number of nitrogens with zero attached hydrogens (tertiary/aromatic N) is 1. The molecular weight excluding hydrogens is 330 g/mol. The molecule has 1 aliphatic heterocycles. The molecule has 0 aliphatic carbocycles. The molecule has 0 saturated heterocycles. The smallest absolute Gasteiger partial charge is 0.263 e. The predicted molar refractivity (Wildman–Crippen MR) is 94.8 cm³/mol. The van der Waals surface area contributed by atoms with Gasteiger partial charge < -0.3 is 5.73 Å². The number of amidine groups is 1. The largest absolute Gasteiger partial charge is 0.399 e. The van der Waals surface area contributed by atoms with Crippen molar-refractivity contribution in [3.63, 3.8) is 0 Å². The molecule has 0 fully saturated rings. The molecule has 2 atom stereocenters. The van der Waals surface area contributed by atoms with Crippen molar-refractivity contribution in [2.75, 3.05) is 5.73 Å². The van der Waals surface area contributed by atoms with Crippen LogP contribution in [0.1, 0.15) is 17.7 Å². The molecule has 2 aromatic rings. The molecule has 0 spiro atoms. The van der Waals surface area contributed by atoms with Gasteiger partial charge in [0.2, 0.25) is 0 Å². The van der Waals surface area contributed by atoms with Crippen LogP contribution in [-0.2, 0) is 10.0 Å². The van der Waals surface area contributed by atoms with E-state index in [1.165, 1.54) is 23.9 Å². The summed E-state index contributed by atoms with van der Waals surface area (Å²) < 4.78 is 27.4. The van der Waals surface area contributed by atoms with Gasteiger partial charge in [0.1, 0.15) is 0 Å². The Labute approximate surface area is 140 Å². The van der Waals surface area contributed by atoms with Crippen molar-refractivity contribution in [1.82, 2.24) is 4.72 Å². The van der Waals surface area contributed by atoms with Crippen LogP contribution < -0.4 is 10.5 Å². The maximum absolute atomic E-state index is 12.4. The van der Waals surface area contributed by atoms with Gasteiger partial charge in [0.25, 0.3) is 10.0 Å². The standard InChI is InChI=1S/C16H17N3O2S2/c1-11-15(12-5-3-2-4-6-12)22-16(18-11)19-23(20,21)14-9-7-13(17)8-10-14/h2-11,15H,17H2,1H3,(H,18,19)/t11-,15-/m1/s1. The van der Waals surface area contributed by atoms with Crippen LogP contribution >= 0.6 is 11.8 Å². The summed E-state index contributed by atoms with van der Waals surface area (Å²) in [5.74, 6) is 0. The van der Waals surface area contributed by atoms with E-state index in [2.05, 4.69) is 9.71 Å². The third-order valence-electron chi connectivity index (χ3n) is 3.54. The van der Waals surface area contributed by atoms with E-state index in [1.54, 1.807) is 12.1 Å². The van der Waals surface area contributed by atoms with Gasteiger partial charge in [0, 0.05) is 5.69 Å². The zero-order valence-corrected chi connectivity index (χ0v) is 14.1. The maximum atomic E-state index is 12.4. The monoisotopic (exact) mass is 347 g/mol. The molecule has 5 nitrogen and oxygen atoms in total. The van der Waals surface area contributed by atoms with Gasteiger partial charge in [-0.05, 0) is 36.8 Å². The predicted octanol–water partition coefficient (Wildman–Crippen LogP) is 2.78. The number of hydrogen-bond donors (Lipinski definition) is 2. The maximum Gasteiger partial charge on any atom is 0.263 e. The third-order valence-corrected chi connectivity index (χ3v) is 6.37. The average Bonchev–Trinajstić information content (AvgIpc) is 2.88. The molecule has 3 rings (SSSR count). The highest BCUT2D eigenvalue weighted by atomic mass is 32.2. The summed E-state index contributed by atoms with van der Waals surface area (Å²) in [5.41, 5.74) is 7.25. The highest BCUT2D eigenvalue weighted by Gasteiger charge is 2.30. The van der Waals surface area contributed by atoms with Crippen molar-refractivity contribution < 1.29 is 8.42 Å². The van der Waals surface area contributed by atoms with Gasteiger partial charge in [0.15, 0.2) is 5.17 Å². The molecule has 23 heavy (non-hydrogen) atoms. The Balaban J connectivity index is 1.76. The van der Waals surface area contributed by atoms with Crippen LogP contribution in [0.2, 0.25) is 0 Å². The normalized spacial score (nSPS) is 21.0. The lowest BCUT2D eigenvalue weighted by molar-refractivity contribution is 0.593. The van der Waals surface area contributed by atoms with Gasteiger partial charge in [0.05, 0.1) is 16.2 Å². The minimum absolute atomic E-state index is 0.00604. The fourth-order valence-corrected chi connectivity index (χ4v) is 4.80. The van der Waals surface area contributed by atoms with Crippen LogP contribution in [0.4, 0.5) is 5.69 Å². The van der Waals surface area contributed by atoms with E-state index in [1.807, 2.05) is 37.3 Å². The molecule has 1 heterocycles. The SMILES string of the molecule is C[C@H]1N=C(NS(=O)(=O)c2ccc(N)cc2)S[C@H]1c1ccccc1. The van der Waals surface area contributed by atoms with Gasteiger partial charge in [-0.3, -0.25) is 9.71 Å². The van der Waals surface area contributed by atoms with E-state index in [4.69, 9.17) is 5.73 Å². The van der Waals surface area contributed by atoms with Gasteiger partial charge >= 0.3 is 0 Å². The number of anilines is 1. The van der Waals surface area contributed by atoms with E-state index in [0.29, 0.717) is 10.9 Å². The quantitative estimate of drug-likeness (QED) is 0.836. The lowest BCUT2D eigenvalue weighted by Crippen LogP contribution is -2.27. The minimum Gasteiger partial charge on any atom is -0.399 e. The summed E-state index contributed by atoms with van der Waals surface area (Å²) in [6.07, 6.45) is 0. The van der Waals surface area contributed by atoms with E-state index in [-0.39, 0.29) is 16.2 Å². The van der Waals surface area contributed by atoms with E-state index < -0.39 is 10.0 Å². The Hall–Kier alpha value is -1.99. The molecule has 3 N–H and O–H groups in total. The molecule has 2 aromatic carbocycles. The van der Waals surface area contributed by atoms with Crippen molar-refractivity contribution in [3.8, 4) is 0 Å². The van der Waals surface area contributed by atoms with E-state index >= 15 is 0 Å². The summed E-state index contributed by atoms with van der Waals surface area (Å²) >= 11 is 1.43. The summed E-state index contributed by atoms with van der Waals surface area (Å²) in [4.78, 5) is 4.61. The number of nitrogens with two attached hydrogens (primary N) is 1. The van der Waals surface area contributed by atoms with E-state index in [0.717, 1.165) is 5.56 Å². The highest BCUT2D eigenvalue weighted by molar-refractivity contribution is 8.15. The fraction of sp³-hybridized carbons (Fsp3) is 0.188. The Morgan fingerprint density at radius 2 is 1.74 bits per heavy atom. The van der Waals surface area contributed by atoms with Crippen molar-refractivity contribution in [2.24, 2.45) is 4.99 Å². The first-order valence-electron chi connectivity index (χ1n) is 7.13. The second-order valence-electron chi connectivity index (χ2n) is 5.30. The van der Waals surface area contributed by atoms with Crippen molar-refractivity contribution in [3.05, 3.63) is 60.2 Å². The van der Waals surface area contributed by atoms with Crippen molar-refractivity contribution >= 4 is 32.6 Å². The molecule has 0 unspecified atom stereocenters. The van der Waals surface area contributed by atoms with Crippen LogP contribution in [0.5, 0.6) is 0 Å². The molecule has 7 heteroatoms. The average molecular weight is 347 g/mol. The van der Waals surface area contributed by atoms with E-state index in [9.17, 15) is 8.42 Å². The highest BCUT2D eigenvalue weighted by Crippen LogP contribution is 2.39. The number of benzene rings is 2. The molecule has 0 aromatic heterocycles. The van der Waals surface area contributed by atoms with Gasteiger partial charge in [-0.2, -0.15) is 0 Å². The first-order chi connectivity index (χ1) is 11.0. The first-order valence-corrected chi connectivity index (χ1v) is 9.50. The summed E-state index contributed by atoms with van der Waals surface area (Å²) in [6.45, 7) is 1.98. The summed E-state index contributed by atoms with van der Waals surface area (Å²) in [6, 6.07) is 16.1. The number of nitrogen functional groups attached to an aromatic ring is 1. The molecular formula is C16H17N3O2S2. The van der Waals surface area contributed by atoms with Gasteiger partial charge in [-0.1, -0.05) is 42.1 Å². The van der Waals surface area contributed by atoms with Crippen molar-refractivity contribution in [1.29, 1.82) is 0 Å². The number of thioether (sulfide) groups is 1. The number of hydrogen-bond acceptors (Lipinski definition) is 5. The second kappa shape index (κ2) is 6.25. The van der Waals surface area contributed by atoms with Crippen LogP contribution in [0.25, 0.3) is 0 Å². The zero-order valence-electron chi connectivity index (χ0n) is 12.5. The Morgan fingerprint density at radius 3 is 2.39 bits per heavy atom. The number of nitrogens with one attached hydrogen (secondary N) is 1. The molecule has 0 saturated carbocycles. The third kappa shape index (κ3) is 3.51. The lowest BCUT2D eigenvalue weighted by Gasteiger charge is -2.13. The lowest BCUT2D eigenvalue weighted by atomic mass is 10.1. The molecule has 0 bridgehead atoms. The zero-order chi connectivity index (χ0) is 16.4. The topological polar surface area (TPSA) is 84.5 Å². The molecule has 120 valence electrons. The number of aliphatic imine (C=N–C) groups is 1. The summed E-state index contributed by atoms with van der Waals surface area (Å²) in [5, 5.41) is 0.531. The summed E-state index contributed by atoms with van der Waals surface area (Å²) in [7, 11) is -3.65. The fourth-order valence-electron chi connectivity index (χ4n) is 2.36. The minimum atomic E-state index is -3.65. The molecule has 0 amide bonds. The molecule has 1 aliphatic rings. The first kappa shape index (κ1) is 15.9. The van der Waals surface area contributed by atoms with Crippen LogP contribution in [-0.4, -0.2) is 19.6 Å².